The summed E-state index contributed by atoms with van der Waals surface area (Å²) in [5.41, 5.74) is 3.60. The number of fused-ring (bicyclic) bond motifs is 1. The molecule has 0 atom stereocenters. The molecule has 2 aromatic heterocycles. The average Bonchev–Trinajstić information content (AvgIpc) is 3.18. The normalized spacial score (nSPS) is 15.3. The van der Waals surface area contributed by atoms with Crippen molar-refractivity contribution in [3.05, 3.63) is 47.6 Å². The van der Waals surface area contributed by atoms with E-state index in [0.717, 1.165) is 53.1 Å². The number of rotatable bonds is 4. The van der Waals surface area contributed by atoms with Crippen LogP contribution in [0.4, 0.5) is 0 Å². The van der Waals surface area contributed by atoms with Gasteiger partial charge in [-0.05, 0) is 43.3 Å². The van der Waals surface area contributed by atoms with Crippen LogP contribution in [0, 0.1) is 0 Å². The van der Waals surface area contributed by atoms with Gasteiger partial charge in [-0.3, -0.25) is 4.79 Å². The van der Waals surface area contributed by atoms with Gasteiger partial charge in [-0.25, -0.2) is 9.97 Å². The molecule has 3 heterocycles. The van der Waals surface area contributed by atoms with E-state index < -0.39 is 0 Å². The largest absolute Gasteiger partial charge is 0.381 e. The lowest BCUT2D eigenvalue weighted by atomic mass is 10.0. The Bertz CT molecular complexity index is 901. The minimum absolute atomic E-state index is 0.0925. The third kappa shape index (κ3) is 3.22. The fraction of sp³-hybridized carbons (Fsp3) is 0.350. The van der Waals surface area contributed by atoms with E-state index in [9.17, 15) is 4.79 Å². The van der Waals surface area contributed by atoms with E-state index in [4.69, 9.17) is 4.74 Å². The Morgan fingerprint density at radius 2 is 1.96 bits per heavy atom. The van der Waals surface area contributed by atoms with Crippen LogP contribution in [0.1, 0.15) is 30.1 Å². The maximum absolute atomic E-state index is 13.0. The van der Waals surface area contributed by atoms with Gasteiger partial charge in [0.2, 0.25) is 0 Å². The summed E-state index contributed by atoms with van der Waals surface area (Å²) in [7, 11) is 0. The van der Waals surface area contributed by atoms with Crippen LogP contribution in [0.15, 0.2) is 42.0 Å². The number of hydrogen-bond acceptors (Lipinski definition) is 5. The van der Waals surface area contributed by atoms with Gasteiger partial charge in [0.25, 0.3) is 5.91 Å². The molecule has 0 radical (unpaired) electrons. The summed E-state index contributed by atoms with van der Waals surface area (Å²) in [5, 5.41) is 2.02. The van der Waals surface area contributed by atoms with Crippen molar-refractivity contribution in [3.63, 3.8) is 0 Å². The van der Waals surface area contributed by atoms with Crippen molar-refractivity contribution in [2.75, 3.05) is 19.8 Å². The summed E-state index contributed by atoms with van der Waals surface area (Å²) in [6.07, 6.45) is 3.41. The number of carbonyl (C=O) groups is 1. The maximum Gasteiger partial charge on any atom is 0.254 e. The number of amides is 1. The van der Waals surface area contributed by atoms with Crippen molar-refractivity contribution in [2.24, 2.45) is 0 Å². The lowest BCUT2D eigenvalue weighted by Gasteiger charge is -2.33. The van der Waals surface area contributed by atoms with Crippen molar-refractivity contribution in [1.29, 1.82) is 0 Å². The molecule has 5 nitrogen and oxygen atoms in total. The Balaban J connectivity index is 1.59. The first kappa shape index (κ1) is 17.1. The predicted molar refractivity (Wildman–Crippen MR) is 103 cm³/mol. The Labute approximate surface area is 156 Å². The molecule has 1 aliphatic heterocycles. The zero-order chi connectivity index (χ0) is 17.9. The molecule has 1 fully saturated rings. The zero-order valence-corrected chi connectivity index (χ0v) is 15.5. The smallest absolute Gasteiger partial charge is 0.254 e. The second-order valence-electron chi connectivity index (χ2n) is 6.37. The van der Waals surface area contributed by atoms with Crippen LogP contribution >= 0.6 is 11.3 Å². The average molecular weight is 367 g/mol. The summed E-state index contributed by atoms with van der Waals surface area (Å²) in [5.74, 6) is 0.0925. The summed E-state index contributed by atoms with van der Waals surface area (Å²) >= 11 is 1.63. The van der Waals surface area contributed by atoms with Crippen molar-refractivity contribution < 1.29 is 9.53 Å². The van der Waals surface area contributed by atoms with Crippen LogP contribution < -0.4 is 0 Å². The number of carbonyl (C=O) groups excluding carboxylic acids is 1. The topological polar surface area (TPSA) is 55.3 Å². The number of benzene rings is 1. The molecule has 1 aliphatic rings. The Morgan fingerprint density at radius 3 is 2.69 bits per heavy atom. The summed E-state index contributed by atoms with van der Waals surface area (Å²) in [6, 6.07) is 10.0. The van der Waals surface area contributed by atoms with E-state index in [2.05, 4.69) is 9.97 Å². The lowest BCUT2D eigenvalue weighted by molar-refractivity contribution is 0.0305. The van der Waals surface area contributed by atoms with E-state index in [-0.39, 0.29) is 11.9 Å². The zero-order valence-electron chi connectivity index (χ0n) is 14.7. The molecule has 1 amide bonds. The number of hydrogen-bond donors (Lipinski definition) is 0. The van der Waals surface area contributed by atoms with Gasteiger partial charge in [-0.2, -0.15) is 0 Å². The molecular weight excluding hydrogens is 346 g/mol. The van der Waals surface area contributed by atoms with E-state index >= 15 is 0 Å². The standard InChI is InChI=1S/C20H21N3O2S/c1-2-23(16-7-10-25-11-8-16)20(24)15-5-3-14(4-6-15)18-19-17(9-12-26-19)21-13-22-18/h3-6,9,12-13,16H,2,7-8,10-11H2,1H3. The number of ether oxygens (including phenoxy) is 1. The highest BCUT2D eigenvalue weighted by Gasteiger charge is 2.25. The van der Waals surface area contributed by atoms with Gasteiger partial charge < -0.3 is 9.64 Å². The second-order valence-corrected chi connectivity index (χ2v) is 7.29. The molecule has 1 aromatic carbocycles. The van der Waals surface area contributed by atoms with Gasteiger partial charge in [-0.15, -0.1) is 11.3 Å². The molecule has 26 heavy (non-hydrogen) atoms. The highest BCUT2D eigenvalue weighted by molar-refractivity contribution is 7.17. The molecule has 0 aliphatic carbocycles. The van der Waals surface area contributed by atoms with Crippen LogP contribution in [0.3, 0.4) is 0 Å². The molecule has 0 spiro atoms. The summed E-state index contributed by atoms with van der Waals surface area (Å²) < 4.78 is 6.50. The number of aromatic nitrogens is 2. The fourth-order valence-electron chi connectivity index (χ4n) is 3.50. The quantitative estimate of drug-likeness (QED) is 0.699. The molecule has 6 heteroatoms. The van der Waals surface area contributed by atoms with Crippen molar-refractivity contribution in [1.82, 2.24) is 14.9 Å². The van der Waals surface area contributed by atoms with Gasteiger partial charge in [0.15, 0.2) is 0 Å². The summed E-state index contributed by atoms with van der Waals surface area (Å²) in [6.45, 7) is 4.22. The molecule has 134 valence electrons. The number of thiophene rings is 1. The maximum atomic E-state index is 13.0. The molecule has 1 saturated heterocycles. The molecule has 3 aromatic rings. The first-order valence-corrected chi connectivity index (χ1v) is 9.83. The monoisotopic (exact) mass is 367 g/mol. The summed E-state index contributed by atoms with van der Waals surface area (Å²) in [4.78, 5) is 23.7. The molecule has 0 unspecified atom stereocenters. The molecule has 4 rings (SSSR count). The van der Waals surface area contributed by atoms with Crippen molar-refractivity contribution in [3.8, 4) is 11.3 Å². The third-order valence-corrected chi connectivity index (χ3v) is 5.79. The first-order valence-electron chi connectivity index (χ1n) is 8.95. The SMILES string of the molecule is CCN(C(=O)c1ccc(-c2ncnc3ccsc23)cc1)C1CCOCC1. The Hall–Kier alpha value is -2.31. The van der Waals surface area contributed by atoms with Crippen LogP contribution in [0.25, 0.3) is 21.5 Å². The van der Waals surface area contributed by atoms with Gasteiger partial charge >= 0.3 is 0 Å². The van der Waals surface area contributed by atoms with Gasteiger partial charge in [-0.1, -0.05) is 12.1 Å². The third-order valence-electron chi connectivity index (χ3n) is 4.88. The van der Waals surface area contributed by atoms with Gasteiger partial charge in [0.05, 0.1) is 15.9 Å². The highest BCUT2D eigenvalue weighted by Crippen LogP contribution is 2.29. The van der Waals surface area contributed by atoms with Crippen LogP contribution in [0.5, 0.6) is 0 Å². The second kappa shape index (κ2) is 7.51. The molecule has 0 bridgehead atoms. The first-order chi connectivity index (χ1) is 12.8. The predicted octanol–water partition coefficient (Wildman–Crippen LogP) is 4.00. The van der Waals surface area contributed by atoms with Gasteiger partial charge in [0, 0.05) is 36.9 Å². The Morgan fingerprint density at radius 1 is 1.19 bits per heavy atom. The minimum Gasteiger partial charge on any atom is -0.381 e. The molecule has 0 saturated carbocycles. The van der Waals surface area contributed by atoms with E-state index in [1.165, 1.54) is 0 Å². The molecule has 0 N–H and O–H groups in total. The van der Waals surface area contributed by atoms with E-state index in [1.807, 2.05) is 47.5 Å². The van der Waals surface area contributed by atoms with E-state index in [0.29, 0.717) is 6.54 Å². The lowest BCUT2D eigenvalue weighted by Crippen LogP contribution is -2.43. The molecular formula is C20H21N3O2S. The minimum atomic E-state index is 0.0925. The van der Waals surface area contributed by atoms with Crippen LogP contribution in [-0.2, 0) is 4.74 Å². The fourth-order valence-corrected chi connectivity index (χ4v) is 4.35. The Kier molecular flexibility index (Phi) is 4.95. The highest BCUT2D eigenvalue weighted by atomic mass is 32.1. The van der Waals surface area contributed by atoms with Crippen LogP contribution in [-0.4, -0.2) is 46.6 Å². The van der Waals surface area contributed by atoms with Crippen molar-refractivity contribution >= 4 is 27.5 Å². The van der Waals surface area contributed by atoms with Gasteiger partial charge in [0.1, 0.15) is 6.33 Å². The van der Waals surface area contributed by atoms with Crippen molar-refractivity contribution in [2.45, 2.75) is 25.8 Å². The van der Waals surface area contributed by atoms with Crippen LogP contribution in [0.2, 0.25) is 0 Å². The number of nitrogens with zero attached hydrogens (tertiary/aromatic N) is 3. The van der Waals surface area contributed by atoms with E-state index in [1.54, 1.807) is 17.7 Å².